The lowest BCUT2D eigenvalue weighted by molar-refractivity contribution is 0.106. The molecule has 2 heterocycles. The Morgan fingerprint density at radius 2 is 2.12 bits per heavy atom. The molecular weight excluding hydrogens is 358 g/mol. The van der Waals surface area contributed by atoms with E-state index in [2.05, 4.69) is 24.3 Å². The standard InChI is InChI=1S/C18H24ClN3O4/c1-11(2)17-14(18(19)22(3)21-17)8-20-7-12(23)9-24-13-4-5-15-16(6-13)26-10-25-15/h4-6,11-12,20,23H,7-10H2,1-3H3/t12-/m0/s1. The second kappa shape index (κ2) is 8.16. The van der Waals surface area contributed by atoms with Crippen molar-refractivity contribution in [2.45, 2.75) is 32.4 Å². The van der Waals surface area contributed by atoms with Crippen LogP contribution in [0.25, 0.3) is 0 Å². The summed E-state index contributed by atoms with van der Waals surface area (Å²) in [7, 11) is 1.83. The van der Waals surface area contributed by atoms with E-state index < -0.39 is 6.10 Å². The van der Waals surface area contributed by atoms with Crippen LogP contribution in [0.3, 0.4) is 0 Å². The zero-order valence-electron chi connectivity index (χ0n) is 15.2. The SMILES string of the molecule is CC(C)c1nn(C)c(Cl)c1CNC[C@H](O)COc1ccc2c(c1)OCO2. The Hall–Kier alpha value is -1.96. The molecule has 0 amide bonds. The summed E-state index contributed by atoms with van der Waals surface area (Å²) in [6, 6.07) is 5.34. The van der Waals surface area contributed by atoms with Crippen LogP contribution in [-0.2, 0) is 13.6 Å². The van der Waals surface area contributed by atoms with Crippen LogP contribution < -0.4 is 19.5 Å². The lowest BCUT2D eigenvalue weighted by atomic mass is 10.1. The number of aliphatic hydroxyl groups is 1. The second-order valence-corrected chi connectivity index (χ2v) is 6.90. The third-order valence-corrected chi connectivity index (χ3v) is 4.59. The van der Waals surface area contributed by atoms with E-state index in [4.69, 9.17) is 25.8 Å². The molecular formula is C18H24ClN3O4. The van der Waals surface area contributed by atoms with Crippen LogP contribution in [-0.4, -0.2) is 40.9 Å². The van der Waals surface area contributed by atoms with Gasteiger partial charge >= 0.3 is 0 Å². The van der Waals surface area contributed by atoms with Crippen LogP contribution in [0.4, 0.5) is 0 Å². The second-order valence-electron chi connectivity index (χ2n) is 6.54. The number of hydrogen-bond donors (Lipinski definition) is 2. The van der Waals surface area contributed by atoms with Gasteiger partial charge in [-0.1, -0.05) is 25.4 Å². The largest absolute Gasteiger partial charge is 0.491 e. The molecule has 0 aliphatic carbocycles. The number of rotatable bonds is 8. The van der Waals surface area contributed by atoms with Crippen molar-refractivity contribution in [1.82, 2.24) is 15.1 Å². The number of aromatic nitrogens is 2. The van der Waals surface area contributed by atoms with Crippen molar-refractivity contribution >= 4 is 11.6 Å². The molecule has 0 unspecified atom stereocenters. The molecule has 0 spiro atoms. The van der Waals surface area contributed by atoms with E-state index in [1.165, 1.54) is 0 Å². The number of hydrogen-bond acceptors (Lipinski definition) is 6. The first-order valence-electron chi connectivity index (χ1n) is 8.58. The zero-order valence-corrected chi connectivity index (χ0v) is 15.9. The Morgan fingerprint density at radius 1 is 1.35 bits per heavy atom. The molecule has 142 valence electrons. The highest BCUT2D eigenvalue weighted by Crippen LogP contribution is 2.35. The van der Waals surface area contributed by atoms with Crippen LogP contribution >= 0.6 is 11.6 Å². The average molecular weight is 382 g/mol. The fourth-order valence-corrected chi connectivity index (χ4v) is 2.98. The minimum absolute atomic E-state index is 0.171. The predicted molar refractivity (Wildman–Crippen MR) is 98.1 cm³/mol. The molecule has 0 saturated carbocycles. The lowest BCUT2D eigenvalue weighted by Crippen LogP contribution is -2.31. The fraction of sp³-hybridized carbons (Fsp3) is 0.500. The molecule has 1 atom stereocenters. The van der Waals surface area contributed by atoms with E-state index in [0.717, 1.165) is 11.3 Å². The van der Waals surface area contributed by atoms with Crippen molar-refractivity contribution in [2.75, 3.05) is 19.9 Å². The van der Waals surface area contributed by atoms with Gasteiger partial charge in [0.2, 0.25) is 6.79 Å². The third kappa shape index (κ3) is 4.23. The van der Waals surface area contributed by atoms with Gasteiger partial charge in [-0.2, -0.15) is 5.10 Å². The smallest absolute Gasteiger partial charge is 0.231 e. The molecule has 3 rings (SSSR count). The molecule has 1 aliphatic heterocycles. The first-order chi connectivity index (χ1) is 12.5. The van der Waals surface area contributed by atoms with Crippen molar-refractivity contribution in [3.63, 3.8) is 0 Å². The van der Waals surface area contributed by atoms with Gasteiger partial charge < -0.3 is 24.6 Å². The van der Waals surface area contributed by atoms with E-state index in [1.807, 2.05) is 7.05 Å². The number of aliphatic hydroxyl groups excluding tert-OH is 1. The predicted octanol–water partition coefficient (Wildman–Crippen LogP) is 2.46. The van der Waals surface area contributed by atoms with Gasteiger partial charge in [-0.3, -0.25) is 4.68 Å². The Bertz CT molecular complexity index is 763. The summed E-state index contributed by atoms with van der Waals surface area (Å²) in [4.78, 5) is 0. The van der Waals surface area contributed by atoms with Crippen LogP contribution in [0.2, 0.25) is 5.15 Å². The van der Waals surface area contributed by atoms with Crippen molar-refractivity contribution < 1.29 is 19.3 Å². The van der Waals surface area contributed by atoms with Gasteiger partial charge in [0.05, 0.1) is 5.69 Å². The van der Waals surface area contributed by atoms with Crippen LogP contribution in [0.1, 0.15) is 31.0 Å². The highest BCUT2D eigenvalue weighted by atomic mass is 35.5. The van der Waals surface area contributed by atoms with Crippen molar-refractivity contribution in [3.05, 3.63) is 34.6 Å². The average Bonchev–Trinajstić information content (AvgIpc) is 3.19. The van der Waals surface area contributed by atoms with Crippen LogP contribution in [0.5, 0.6) is 17.2 Å². The molecule has 26 heavy (non-hydrogen) atoms. The summed E-state index contributed by atoms with van der Waals surface area (Å²) in [5.74, 6) is 2.27. The first kappa shape index (κ1) is 18.8. The van der Waals surface area contributed by atoms with Crippen molar-refractivity contribution in [2.24, 2.45) is 7.05 Å². The van der Waals surface area contributed by atoms with Gasteiger partial charge in [-0.05, 0) is 18.1 Å². The van der Waals surface area contributed by atoms with E-state index >= 15 is 0 Å². The Kier molecular flexibility index (Phi) is 5.90. The highest BCUT2D eigenvalue weighted by molar-refractivity contribution is 6.30. The van der Waals surface area contributed by atoms with Gasteiger partial charge in [-0.25, -0.2) is 0 Å². The molecule has 2 N–H and O–H groups in total. The van der Waals surface area contributed by atoms with Crippen LogP contribution in [0, 0.1) is 0 Å². The minimum atomic E-state index is -0.654. The number of halogens is 1. The monoisotopic (exact) mass is 381 g/mol. The van der Waals surface area contributed by atoms with Crippen molar-refractivity contribution in [3.8, 4) is 17.2 Å². The van der Waals surface area contributed by atoms with Gasteiger partial charge in [-0.15, -0.1) is 0 Å². The maximum atomic E-state index is 10.1. The van der Waals surface area contributed by atoms with E-state index in [9.17, 15) is 5.11 Å². The minimum Gasteiger partial charge on any atom is -0.491 e. The quantitative estimate of drug-likeness (QED) is 0.731. The molecule has 0 radical (unpaired) electrons. The summed E-state index contributed by atoms with van der Waals surface area (Å²) in [6.45, 7) is 5.48. The molecule has 0 bridgehead atoms. The molecule has 1 aromatic carbocycles. The number of benzene rings is 1. The van der Waals surface area contributed by atoms with Gasteiger partial charge in [0, 0.05) is 31.8 Å². The Labute approximate surface area is 157 Å². The number of nitrogens with zero attached hydrogens (tertiary/aromatic N) is 2. The summed E-state index contributed by atoms with van der Waals surface area (Å²) in [6.07, 6.45) is -0.654. The summed E-state index contributed by atoms with van der Waals surface area (Å²) in [5, 5.41) is 18.4. The topological polar surface area (TPSA) is 77.8 Å². The van der Waals surface area contributed by atoms with Crippen LogP contribution in [0.15, 0.2) is 18.2 Å². The summed E-state index contributed by atoms with van der Waals surface area (Å²) < 4.78 is 17.9. The molecule has 0 fully saturated rings. The number of aryl methyl sites for hydroxylation is 1. The zero-order chi connectivity index (χ0) is 18.7. The summed E-state index contributed by atoms with van der Waals surface area (Å²) in [5.41, 5.74) is 1.93. The molecule has 1 aliphatic rings. The number of fused-ring (bicyclic) bond motifs is 1. The number of ether oxygens (including phenoxy) is 3. The van der Waals surface area contributed by atoms with Crippen molar-refractivity contribution in [1.29, 1.82) is 0 Å². The fourth-order valence-electron chi connectivity index (χ4n) is 2.78. The van der Waals surface area contributed by atoms with E-state index in [0.29, 0.717) is 35.5 Å². The molecule has 7 nitrogen and oxygen atoms in total. The van der Waals surface area contributed by atoms with E-state index in [-0.39, 0.29) is 19.3 Å². The lowest BCUT2D eigenvalue weighted by Gasteiger charge is -2.14. The highest BCUT2D eigenvalue weighted by Gasteiger charge is 2.18. The first-order valence-corrected chi connectivity index (χ1v) is 8.96. The van der Waals surface area contributed by atoms with Gasteiger partial charge in [0.25, 0.3) is 0 Å². The molecule has 1 aromatic heterocycles. The normalized spacial score (nSPS) is 14.1. The summed E-state index contributed by atoms with van der Waals surface area (Å²) >= 11 is 6.31. The molecule has 0 saturated heterocycles. The maximum absolute atomic E-state index is 10.1. The maximum Gasteiger partial charge on any atom is 0.231 e. The molecule has 2 aromatic rings. The number of nitrogens with one attached hydrogen (secondary N) is 1. The Balaban J connectivity index is 1.47. The third-order valence-electron chi connectivity index (χ3n) is 4.12. The van der Waals surface area contributed by atoms with Gasteiger partial charge in [0.1, 0.15) is 23.6 Å². The Morgan fingerprint density at radius 3 is 2.88 bits per heavy atom. The van der Waals surface area contributed by atoms with E-state index in [1.54, 1.807) is 22.9 Å². The van der Waals surface area contributed by atoms with Gasteiger partial charge in [0.15, 0.2) is 11.5 Å². The molecule has 8 heteroatoms.